The van der Waals surface area contributed by atoms with E-state index in [4.69, 9.17) is 0 Å². The van der Waals surface area contributed by atoms with Gasteiger partial charge in [0.05, 0.1) is 6.10 Å². The molecule has 0 aromatic heterocycles. The van der Waals surface area contributed by atoms with E-state index in [2.05, 4.69) is 77.5 Å². The van der Waals surface area contributed by atoms with Gasteiger partial charge in [-0.15, -0.1) is 0 Å². The Balaban J connectivity index is 2.05. The Bertz CT molecular complexity index is 626. The predicted octanol–water partition coefficient (Wildman–Crippen LogP) is 6.49. The van der Waals surface area contributed by atoms with E-state index >= 15 is 0 Å². The lowest BCUT2D eigenvalue weighted by Gasteiger charge is -2.35. The molecule has 0 aromatic carbocycles. The number of hydrogen-bond acceptors (Lipinski definition) is 1. The largest absolute Gasteiger partial charge is 0.393 e. The van der Waals surface area contributed by atoms with E-state index in [-0.39, 0.29) is 16.9 Å². The van der Waals surface area contributed by atoms with Crippen molar-refractivity contribution in [2.24, 2.45) is 10.8 Å². The molecule has 2 aliphatic carbocycles. The first-order valence-electron chi connectivity index (χ1n) is 8.99. The second-order valence-corrected chi connectivity index (χ2v) is 9.56. The fourth-order valence-electron chi connectivity index (χ4n) is 4.12. The molecule has 0 radical (unpaired) electrons. The van der Waals surface area contributed by atoms with Crippen LogP contribution < -0.4 is 0 Å². The van der Waals surface area contributed by atoms with Crippen LogP contribution in [0.4, 0.5) is 0 Å². The van der Waals surface area contributed by atoms with Crippen molar-refractivity contribution in [1.82, 2.24) is 0 Å². The third kappa shape index (κ3) is 4.58. The number of rotatable bonds is 4. The van der Waals surface area contributed by atoms with Gasteiger partial charge in [0.2, 0.25) is 0 Å². The molecular formula is C22H33OP. The van der Waals surface area contributed by atoms with Crippen LogP contribution in [0.2, 0.25) is 0 Å². The summed E-state index contributed by atoms with van der Waals surface area (Å²) in [5.41, 5.74) is 5.90. The standard InChI is InChI=1S/C22H33OP/c1-16-8-7-11-21(3,4)19(16)9-12-24-13-10-20-17(2)14-18(23)15-22(20,5)6/h7-10,12-13,18,23-24H,11,14-15H2,1-6H3/b12-9+,13-10+. The maximum Gasteiger partial charge on any atom is 0.0585 e. The monoisotopic (exact) mass is 344 g/mol. The van der Waals surface area contributed by atoms with Gasteiger partial charge in [-0.25, -0.2) is 0 Å². The zero-order valence-corrected chi connectivity index (χ0v) is 17.1. The summed E-state index contributed by atoms with van der Waals surface area (Å²) in [7, 11) is 0.690. The molecule has 0 bridgehead atoms. The van der Waals surface area contributed by atoms with E-state index < -0.39 is 0 Å². The lowest BCUT2D eigenvalue weighted by Crippen LogP contribution is -2.28. The average molecular weight is 344 g/mol. The first kappa shape index (κ1) is 19.4. The highest BCUT2D eigenvalue weighted by Gasteiger charge is 2.31. The molecule has 2 rings (SSSR count). The Morgan fingerprint density at radius 1 is 1.04 bits per heavy atom. The van der Waals surface area contributed by atoms with Gasteiger partial charge in [0, 0.05) is 0 Å². The first-order valence-corrected chi connectivity index (χ1v) is 10.1. The van der Waals surface area contributed by atoms with Crippen LogP contribution in [0.5, 0.6) is 0 Å². The van der Waals surface area contributed by atoms with Crippen LogP contribution in [0, 0.1) is 10.8 Å². The Morgan fingerprint density at radius 3 is 2.25 bits per heavy atom. The normalized spacial score (nSPS) is 27.4. The third-order valence-corrected chi connectivity index (χ3v) is 6.04. The van der Waals surface area contributed by atoms with Crippen LogP contribution in [0.1, 0.15) is 60.8 Å². The molecule has 2 aliphatic rings. The van der Waals surface area contributed by atoms with Gasteiger partial charge < -0.3 is 5.11 Å². The Labute approximate surface area is 150 Å². The van der Waals surface area contributed by atoms with Crippen LogP contribution in [0.25, 0.3) is 0 Å². The van der Waals surface area contributed by atoms with Gasteiger partial charge >= 0.3 is 0 Å². The third-order valence-electron chi connectivity index (χ3n) is 5.32. The summed E-state index contributed by atoms with van der Waals surface area (Å²) in [5, 5.41) is 9.98. The summed E-state index contributed by atoms with van der Waals surface area (Å²) in [4.78, 5) is 0. The van der Waals surface area contributed by atoms with E-state index in [1.54, 1.807) is 0 Å². The topological polar surface area (TPSA) is 20.2 Å². The van der Waals surface area contributed by atoms with Gasteiger partial charge in [-0.05, 0) is 60.7 Å². The molecule has 0 amide bonds. The maximum absolute atomic E-state index is 9.98. The number of allylic oxidation sites excluding steroid dienone is 7. The van der Waals surface area contributed by atoms with Crippen LogP contribution >= 0.6 is 8.58 Å². The number of aliphatic hydroxyl groups excluding tert-OH is 1. The number of aliphatic hydroxyl groups is 1. The molecule has 0 aliphatic heterocycles. The molecule has 1 N–H and O–H groups in total. The van der Waals surface area contributed by atoms with Crippen molar-refractivity contribution < 1.29 is 5.11 Å². The summed E-state index contributed by atoms with van der Waals surface area (Å²) in [6, 6.07) is 0. The molecule has 0 heterocycles. The SMILES string of the molecule is CC1=C(/C=C/P/C=C/C2=C(C)CC(O)CC2(C)C)C(C)(C)CC=C1. The molecule has 2 unspecified atom stereocenters. The van der Waals surface area contributed by atoms with Crippen molar-refractivity contribution in [2.75, 3.05) is 0 Å². The molecule has 2 heteroatoms. The molecule has 24 heavy (non-hydrogen) atoms. The zero-order valence-electron chi connectivity index (χ0n) is 16.1. The van der Waals surface area contributed by atoms with E-state index in [9.17, 15) is 5.11 Å². The lowest BCUT2D eigenvalue weighted by molar-refractivity contribution is 0.116. The highest BCUT2D eigenvalue weighted by atomic mass is 31.1. The van der Waals surface area contributed by atoms with Gasteiger partial charge in [0.25, 0.3) is 0 Å². The van der Waals surface area contributed by atoms with Crippen molar-refractivity contribution in [3.05, 3.63) is 58.2 Å². The summed E-state index contributed by atoms with van der Waals surface area (Å²) >= 11 is 0. The Morgan fingerprint density at radius 2 is 1.67 bits per heavy atom. The summed E-state index contributed by atoms with van der Waals surface area (Å²) in [6.45, 7) is 13.5. The van der Waals surface area contributed by atoms with Gasteiger partial charge in [0.15, 0.2) is 0 Å². The van der Waals surface area contributed by atoms with Gasteiger partial charge in [-0.1, -0.05) is 77.8 Å². The van der Waals surface area contributed by atoms with Crippen molar-refractivity contribution in [2.45, 2.75) is 66.9 Å². The van der Waals surface area contributed by atoms with E-state index in [0.29, 0.717) is 8.58 Å². The quantitative estimate of drug-likeness (QED) is 0.578. The highest BCUT2D eigenvalue weighted by Crippen LogP contribution is 2.42. The van der Waals surface area contributed by atoms with Gasteiger partial charge in [-0.3, -0.25) is 0 Å². The Kier molecular flexibility index (Phi) is 6.10. The van der Waals surface area contributed by atoms with Crippen molar-refractivity contribution in [1.29, 1.82) is 0 Å². The predicted molar refractivity (Wildman–Crippen MR) is 109 cm³/mol. The van der Waals surface area contributed by atoms with Crippen LogP contribution in [0.3, 0.4) is 0 Å². The average Bonchev–Trinajstić information content (AvgIpc) is 2.42. The molecule has 2 atom stereocenters. The zero-order chi connectivity index (χ0) is 18.0. The maximum atomic E-state index is 9.98. The number of hydrogen-bond donors (Lipinski definition) is 1. The summed E-state index contributed by atoms with van der Waals surface area (Å²) in [6.07, 6.45) is 11.7. The summed E-state index contributed by atoms with van der Waals surface area (Å²) < 4.78 is 0. The molecule has 132 valence electrons. The van der Waals surface area contributed by atoms with Crippen LogP contribution in [-0.4, -0.2) is 11.2 Å². The lowest BCUT2D eigenvalue weighted by atomic mass is 9.72. The second-order valence-electron chi connectivity index (χ2n) is 8.56. The summed E-state index contributed by atoms with van der Waals surface area (Å²) in [5.74, 6) is 4.59. The molecule has 0 spiro atoms. The fraction of sp³-hybridized carbons (Fsp3) is 0.545. The highest BCUT2D eigenvalue weighted by molar-refractivity contribution is 7.45. The minimum absolute atomic E-state index is 0.0711. The van der Waals surface area contributed by atoms with Crippen molar-refractivity contribution in [3.8, 4) is 0 Å². The van der Waals surface area contributed by atoms with E-state index in [0.717, 1.165) is 19.3 Å². The van der Waals surface area contributed by atoms with Crippen molar-refractivity contribution >= 4 is 8.58 Å². The smallest absolute Gasteiger partial charge is 0.0585 e. The molecule has 0 aromatic rings. The second kappa shape index (κ2) is 7.54. The minimum atomic E-state index is -0.184. The van der Waals surface area contributed by atoms with Crippen molar-refractivity contribution in [3.63, 3.8) is 0 Å². The molecular weight excluding hydrogens is 311 g/mol. The van der Waals surface area contributed by atoms with E-state index in [1.807, 2.05) is 0 Å². The van der Waals surface area contributed by atoms with Crippen LogP contribution in [-0.2, 0) is 0 Å². The molecule has 0 saturated heterocycles. The first-order chi connectivity index (χ1) is 11.1. The fourth-order valence-corrected chi connectivity index (χ4v) is 4.76. The van der Waals surface area contributed by atoms with Gasteiger partial charge in [-0.2, -0.15) is 0 Å². The molecule has 1 nitrogen and oxygen atoms in total. The minimum Gasteiger partial charge on any atom is -0.393 e. The van der Waals surface area contributed by atoms with E-state index in [1.165, 1.54) is 22.3 Å². The molecule has 0 fully saturated rings. The Hall–Kier alpha value is -0.910. The molecule has 0 saturated carbocycles. The van der Waals surface area contributed by atoms with Crippen LogP contribution in [0.15, 0.2) is 58.2 Å². The van der Waals surface area contributed by atoms with Gasteiger partial charge in [0.1, 0.15) is 0 Å².